The maximum atomic E-state index is 13.0. The number of rotatable bonds is 1. The van der Waals surface area contributed by atoms with Crippen molar-refractivity contribution in [2.45, 2.75) is 13.5 Å². The highest BCUT2D eigenvalue weighted by Gasteiger charge is 2.09. The topological polar surface area (TPSA) is 52.0 Å². The normalized spacial score (nSPS) is 11.0. The summed E-state index contributed by atoms with van der Waals surface area (Å²) in [5.41, 5.74) is 7.36. The fourth-order valence-electron chi connectivity index (χ4n) is 1.34. The summed E-state index contributed by atoms with van der Waals surface area (Å²) in [6.07, 6.45) is 0. The molecule has 0 bridgehead atoms. The van der Waals surface area contributed by atoms with Crippen molar-refractivity contribution < 1.29 is 8.91 Å². The zero-order valence-electron chi connectivity index (χ0n) is 7.17. The molecule has 2 rings (SSSR count). The second-order valence-corrected chi connectivity index (χ2v) is 2.91. The van der Waals surface area contributed by atoms with Gasteiger partial charge in [-0.3, -0.25) is 0 Å². The van der Waals surface area contributed by atoms with Crippen LogP contribution < -0.4 is 5.73 Å². The molecule has 4 heteroatoms. The van der Waals surface area contributed by atoms with Crippen LogP contribution in [0.3, 0.4) is 0 Å². The second-order valence-electron chi connectivity index (χ2n) is 2.91. The maximum absolute atomic E-state index is 13.0. The first-order valence-electron chi connectivity index (χ1n) is 3.97. The summed E-state index contributed by atoms with van der Waals surface area (Å²) in [6, 6.07) is 2.77. The molecule has 0 aliphatic rings. The highest BCUT2D eigenvalue weighted by molar-refractivity contribution is 5.82. The lowest BCUT2D eigenvalue weighted by Gasteiger charge is -1.97. The first-order chi connectivity index (χ1) is 6.22. The highest BCUT2D eigenvalue weighted by Crippen LogP contribution is 2.22. The van der Waals surface area contributed by atoms with E-state index in [9.17, 15) is 4.39 Å². The van der Waals surface area contributed by atoms with Gasteiger partial charge < -0.3 is 10.3 Å². The van der Waals surface area contributed by atoms with Crippen LogP contribution in [-0.4, -0.2) is 5.16 Å². The molecule has 1 aromatic heterocycles. The number of hydrogen-bond acceptors (Lipinski definition) is 3. The van der Waals surface area contributed by atoms with Gasteiger partial charge in [-0.25, -0.2) is 4.39 Å². The van der Waals surface area contributed by atoms with E-state index in [0.29, 0.717) is 22.2 Å². The predicted molar refractivity (Wildman–Crippen MR) is 46.6 cm³/mol. The first kappa shape index (κ1) is 8.19. The van der Waals surface area contributed by atoms with Gasteiger partial charge in [0.1, 0.15) is 5.82 Å². The molecule has 0 aliphatic carbocycles. The van der Waals surface area contributed by atoms with Crippen LogP contribution in [-0.2, 0) is 6.54 Å². The Balaban J connectivity index is 2.84. The summed E-state index contributed by atoms with van der Waals surface area (Å²) in [4.78, 5) is 0. The second kappa shape index (κ2) is 2.81. The molecule has 2 aromatic rings. The van der Waals surface area contributed by atoms with Crippen molar-refractivity contribution in [2.24, 2.45) is 5.73 Å². The third kappa shape index (κ3) is 1.19. The summed E-state index contributed by atoms with van der Waals surface area (Å²) in [6.45, 7) is 2.02. The van der Waals surface area contributed by atoms with Crippen LogP contribution in [0.1, 0.15) is 11.3 Å². The van der Waals surface area contributed by atoms with Crippen molar-refractivity contribution in [3.05, 3.63) is 29.2 Å². The SMILES string of the molecule is Cc1noc2c(CN)cc(F)cc12. The molecule has 0 unspecified atom stereocenters. The number of benzene rings is 1. The number of nitrogens with two attached hydrogens (primary N) is 1. The summed E-state index contributed by atoms with van der Waals surface area (Å²) in [5.74, 6) is -0.306. The van der Waals surface area contributed by atoms with Crippen molar-refractivity contribution in [1.29, 1.82) is 0 Å². The van der Waals surface area contributed by atoms with E-state index in [1.165, 1.54) is 12.1 Å². The molecule has 0 saturated heterocycles. The number of halogens is 1. The number of hydrogen-bond donors (Lipinski definition) is 1. The predicted octanol–water partition coefficient (Wildman–Crippen LogP) is 1.73. The third-order valence-electron chi connectivity index (χ3n) is 2.01. The van der Waals surface area contributed by atoms with Gasteiger partial charge >= 0.3 is 0 Å². The standard InChI is InChI=1S/C9H9FN2O/c1-5-8-3-7(10)2-6(4-11)9(8)13-12-5/h2-3H,4,11H2,1H3. The minimum atomic E-state index is -0.306. The lowest BCUT2D eigenvalue weighted by Crippen LogP contribution is -1.97. The van der Waals surface area contributed by atoms with Crippen LogP contribution in [0.25, 0.3) is 11.0 Å². The average Bonchev–Trinajstić information content (AvgIpc) is 2.47. The van der Waals surface area contributed by atoms with Crippen LogP contribution in [0, 0.1) is 12.7 Å². The molecule has 1 heterocycles. The Morgan fingerprint density at radius 3 is 3.00 bits per heavy atom. The number of nitrogens with zero attached hydrogens (tertiary/aromatic N) is 1. The van der Waals surface area contributed by atoms with Gasteiger partial charge in [-0.2, -0.15) is 0 Å². The molecule has 0 amide bonds. The Bertz CT molecular complexity index is 450. The Kier molecular flexibility index (Phi) is 1.77. The summed E-state index contributed by atoms with van der Waals surface area (Å²) in [5, 5.41) is 4.44. The molecule has 0 atom stereocenters. The van der Waals surface area contributed by atoms with Crippen LogP contribution in [0.15, 0.2) is 16.7 Å². The molecule has 1 aromatic carbocycles. The fourth-order valence-corrected chi connectivity index (χ4v) is 1.34. The molecule has 0 saturated carbocycles. The van der Waals surface area contributed by atoms with E-state index in [0.717, 1.165) is 0 Å². The third-order valence-corrected chi connectivity index (χ3v) is 2.01. The van der Waals surface area contributed by atoms with E-state index in [2.05, 4.69) is 5.16 Å². The first-order valence-corrected chi connectivity index (χ1v) is 3.97. The van der Waals surface area contributed by atoms with Gasteiger partial charge in [0.05, 0.1) is 5.69 Å². The van der Waals surface area contributed by atoms with E-state index < -0.39 is 0 Å². The Morgan fingerprint density at radius 2 is 2.31 bits per heavy atom. The average molecular weight is 180 g/mol. The molecule has 0 fully saturated rings. The van der Waals surface area contributed by atoms with E-state index in [1.54, 1.807) is 6.92 Å². The molecule has 13 heavy (non-hydrogen) atoms. The zero-order valence-corrected chi connectivity index (χ0v) is 7.17. The fraction of sp³-hybridized carbons (Fsp3) is 0.222. The van der Waals surface area contributed by atoms with Crippen molar-refractivity contribution >= 4 is 11.0 Å². The molecule has 2 N–H and O–H groups in total. The van der Waals surface area contributed by atoms with Gasteiger partial charge in [0.15, 0.2) is 5.58 Å². The minimum Gasteiger partial charge on any atom is -0.356 e. The maximum Gasteiger partial charge on any atom is 0.171 e. The van der Waals surface area contributed by atoms with Gasteiger partial charge in [-0.05, 0) is 19.1 Å². The van der Waals surface area contributed by atoms with Gasteiger partial charge in [-0.15, -0.1) is 0 Å². The molecule has 0 spiro atoms. The van der Waals surface area contributed by atoms with Gasteiger partial charge in [0.2, 0.25) is 0 Å². The van der Waals surface area contributed by atoms with E-state index in [-0.39, 0.29) is 12.4 Å². The number of aryl methyl sites for hydroxylation is 1. The van der Waals surface area contributed by atoms with Crippen molar-refractivity contribution in [2.75, 3.05) is 0 Å². The molecule has 0 radical (unpaired) electrons. The Hall–Kier alpha value is -1.42. The largest absolute Gasteiger partial charge is 0.356 e. The number of aromatic nitrogens is 1. The van der Waals surface area contributed by atoms with Gasteiger partial charge in [0, 0.05) is 17.5 Å². The molecular weight excluding hydrogens is 171 g/mol. The molecule has 68 valence electrons. The van der Waals surface area contributed by atoms with E-state index in [1.807, 2.05) is 0 Å². The molecule has 0 aliphatic heterocycles. The lowest BCUT2D eigenvalue weighted by molar-refractivity contribution is 0.448. The lowest BCUT2D eigenvalue weighted by atomic mass is 10.1. The van der Waals surface area contributed by atoms with Crippen LogP contribution >= 0.6 is 0 Å². The van der Waals surface area contributed by atoms with Crippen molar-refractivity contribution in [1.82, 2.24) is 5.16 Å². The Labute approximate surface area is 74.3 Å². The van der Waals surface area contributed by atoms with Gasteiger partial charge in [-0.1, -0.05) is 5.16 Å². The summed E-state index contributed by atoms with van der Waals surface area (Å²) in [7, 11) is 0. The van der Waals surface area contributed by atoms with Crippen LogP contribution in [0.5, 0.6) is 0 Å². The van der Waals surface area contributed by atoms with Crippen molar-refractivity contribution in [3.63, 3.8) is 0 Å². The Morgan fingerprint density at radius 1 is 1.54 bits per heavy atom. The quantitative estimate of drug-likeness (QED) is 0.727. The molecule has 3 nitrogen and oxygen atoms in total. The molecular formula is C9H9FN2O. The van der Waals surface area contributed by atoms with E-state index >= 15 is 0 Å². The van der Waals surface area contributed by atoms with Crippen LogP contribution in [0.4, 0.5) is 4.39 Å². The van der Waals surface area contributed by atoms with Gasteiger partial charge in [0.25, 0.3) is 0 Å². The zero-order chi connectivity index (χ0) is 9.42. The monoisotopic (exact) mass is 180 g/mol. The summed E-state index contributed by atoms with van der Waals surface area (Å²) < 4.78 is 18.0. The highest BCUT2D eigenvalue weighted by atomic mass is 19.1. The van der Waals surface area contributed by atoms with E-state index in [4.69, 9.17) is 10.3 Å². The van der Waals surface area contributed by atoms with Crippen molar-refractivity contribution in [3.8, 4) is 0 Å². The van der Waals surface area contributed by atoms with Crippen LogP contribution in [0.2, 0.25) is 0 Å². The number of fused-ring (bicyclic) bond motifs is 1. The minimum absolute atomic E-state index is 0.253. The smallest absolute Gasteiger partial charge is 0.171 e. The summed E-state index contributed by atoms with van der Waals surface area (Å²) >= 11 is 0.